The number of quaternary nitrogens is 2. The van der Waals surface area contributed by atoms with Crippen LogP contribution in [0.1, 0.15) is 68.1 Å². The van der Waals surface area contributed by atoms with Crippen molar-refractivity contribution in [2.45, 2.75) is 72.6 Å². The summed E-state index contributed by atoms with van der Waals surface area (Å²) in [6, 6.07) is 31.3. The summed E-state index contributed by atoms with van der Waals surface area (Å²) < 4.78 is 0. The smallest absolute Gasteiger partial charge is 0.872 e. The third kappa shape index (κ3) is 27.3. The van der Waals surface area contributed by atoms with Crippen LogP contribution in [0.25, 0.3) is 6.08 Å². The van der Waals surface area contributed by atoms with Crippen LogP contribution in [0.3, 0.4) is 0 Å². The third-order valence-electron chi connectivity index (χ3n) is 9.82. The molecule has 5 rings (SSSR count). The average Bonchev–Trinajstić information content (AvgIpc) is 3.22. The Morgan fingerprint density at radius 2 is 0.797 bits per heavy atom. The van der Waals surface area contributed by atoms with Crippen molar-refractivity contribution in [3.8, 4) is 29.1 Å². The molecule has 12 heteroatoms. The standard InChI is InChI=1S/C18H15O.3C13H22N2O.Ce.Na/c1-18(19,14-12-16-8-4-2-5-9-16)15-13-17-10-6-3-7-11-17;3*1-10-6-11(8-14(2)3)13(16)12(7-10)9-15(4)5;;/h2-12,14H,1H3;3*6-7,16H,8-9H2,1-5H3;;/q-1;;;;+3;+1/p-1/b14-12+;;;;;/t18-;;;;;/m0...../s1. The number of aryl methyl sites for hydroxylation is 3. The molecule has 0 saturated carbocycles. The van der Waals surface area contributed by atoms with Gasteiger partial charge in [0, 0.05) is 31.7 Å². The molecule has 0 aromatic heterocycles. The van der Waals surface area contributed by atoms with Crippen LogP contribution in [0.2, 0.25) is 0 Å². The summed E-state index contributed by atoms with van der Waals surface area (Å²) in [6.07, 6.45) is 3.41. The maximum Gasteiger partial charge on any atom is 3.00 e. The minimum Gasteiger partial charge on any atom is -0.872 e. The zero-order chi connectivity index (χ0) is 50.4. The molecule has 0 unspecified atom stereocenters. The van der Waals surface area contributed by atoms with Crippen LogP contribution >= 0.6 is 0 Å². The zero-order valence-electron chi connectivity index (χ0n) is 45.1. The van der Waals surface area contributed by atoms with E-state index in [1.807, 2.05) is 200 Å². The molecule has 69 heavy (non-hydrogen) atoms. The fraction of sp³-hybridized carbons (Fsp3) is 0.404. The largest absolute Gasteiger partial charge is 3.00 e. The SMILES string of the molecule is C[C@@]([O-])(C#Cc1ccccc1)/C=C/c1ccccc1.Cc1cc(CN(C)C)c([O-])c(CN(C)C)c1.Cc1cc(CN(C)C)c([O-])c(C[NH+](C)C)c1.Cc1cc(CN(C)C)c([O-])c(C[NH+](C)C)c1.[Ce+3].[Na+]. The number of nitrogens with zero attached hydrogens (tertiary/aromatic N) is 4. The summed E-state index contributed by atoms with van der Waals surface area (Å²) in [4.78, 5) is 10.7. The van der Waals surface area contributed by atoms with Gasteiger partial charge in [-0.1, -0.05) is 144 Å². The summed E-state index contributed by atoms with van der Waals surface area (Å²) in [6.45, 7) is 12.1. The second-order valence-electron chi connectivity index (χ2n) is 19.4. The fourth-order valence-electron chi connectivity index (χ4n) is 7.22. The molecule has 1 radical (unpaired) electrons. The van der Waals surface area contributed by atoms with Gasteiger partial charge >= 0.3 is 71.3 Å². The van der Waals surface area contributed by atoms with Gasteiger partial charge in [0.05, 0.1) is 28.2 Å². The normalized spacial score (nSPS) is 11.7. The van der Waals surface area contributed by atoms with E-state index in [1.165, 1.54) is 20.9 Å². The van der Waals surface area contributed by atoms with E-state index in [4.69, 9.17) is 0 Å². The quantitative estimate of drug-likeness (QED) is 0.123. The number of hydrogen-bond acceptors (Lipinski definition) is 8. The molecule has 0 spiro atoms. The van der Waals surface area contributed by atoms with Crippen LogP contribution in [0.4, 0.5) is 0 Å². The predicted molar refractivity (Wildman–Crippen MR) is 272 cm³/mol. The summed E-state index contributed by atoms with van der Waals surface area (Å²) in [5.74, 6) is 6.27. The molecule has 0 aliphatic rings. The van der Waals surface area contributed by atoms with Crippen molar-refractivity contribution < 1.29 is 102 Å². The predicted octanol–water partition coefficient (Wildman–Crippen LogP) is 0.616. The number of benzene rings is 5. The van der Waals surface area contributed by atoms with E-state index in [1.54, 1.807) is 13.0 Å². The molecule has 0 amide bonds. The van der Waals surface area contributed by atoms with Gasteiger partial charge in [-0.3, -0.25) is 0 Å². The van der Waals surface area contributed by atoms with Gasteiger partial charge in [0.25, 0.3) is 0 Å². The molecule has 0 fully saturated rings. The first-order valence-corrected chi connectivity index (χ1v) is 22.9. The Kier molecular flexibility index (Phi) is 32.0. The Bertz CT molecular complexity index is 2080. The molecule has 0 aliphatic carbocycles. The first-order valence-electron chi connectivity index (χ1n) is 22.9. The number of rotatable bonds is 14. The van der Waals surface area contributed by atoms with Crippen LogP contribution < -0.4 is 59.8 Å². The van der Waals surface area contributed by atoms with E-state index < -0.39 is 5.60 Å². The summed E-state index contributed by atoms with van der Waals surface area (Å²) in [5.41, 5.74) is 9.43. The molecule has 5 aromatic carbocycles. The molecule has 0 heterocycles. The summed E-state index contributed by atoms with van der Waals surface area (Å²) >= 11 is 0. The van der Waals surface area contributed by atoms with E-state index in [2.05, 4.69) is 40.0 Å². The first-order chi connectivity index (χ1) is 31.3. The maximum absolute atomic E-state index is 12.2. The molecule has 0 aliphatic heterocycles. The molecule has 0 saturated heterocycles. The van der Waals surface area contributed by atoms with Crippen molar-refractivity contribution in [3.63, 3.8) is 0 Å². The van der Waals surface area contributed by atoms with Crippen molar-refractivity contribution in [2.24, 2.45) is 0 Å². The van der Waals surface area contributed by atoms with Gasteiger partial charge in [-0.25, -0.2) is 0 Å². The van der Waals surface area contributed by atoms with Crippen LogP contribution in [0.15, 0.2) is 103 Å². The van der Waals surface area contributed by atoms with E-state index >= 15 is 0 Å². The van der Waals surface area contributed by atoms with Gasteiger partial charge < -0.3 is 49.8 Å². The molecule has 2 N–H and O–H groups in total. The van der Waals surface area contributed by atoms with Gasteiger partial charge in [-0.15, -0.1) is 5.92 Å². The van der Waals surface area contributed by atoms with Gasteiger partial charge in [0.15, 0.2) is 0 Å². The maximum atomic E-state index is 12.2. The molecular formula is C57H80CeN6NaO4+2. The van der Waals surface area contributed by atoms with Crippen molar-refractivity contribution in [3.05, 3.63) is 164 Å². The number of nitrogens with one attached hydrogen (secondary N) is 2. The first kappa shape index (κ1) is 65.9. The van der Waals surface area contributed by atoms with Crippen LogP contribution in [0.5, 0.6) is 17.2 Å². The summed E-state index contributed by atoms with van der Waals surface area (Å²) in [5, 5.41) is 48.6. The Labute approximate surface area is 473 Å². The Hall–Kier alpha value is -3.10. The van der Waals surface area contributed by atoms with Crippen molar-refractivity contribution in [1.82, 2.24) is 19.6 Å². The number of hydrogen-bond donors (Lipinski definition) is 2. The second kappa shape index (κ2) is 33.5. The summed E-state index contributed by atoms with van der Waals surface area (Å²) in [7, 11) is 24.1. The molecule has 1 atom stereocenters. The van der Waals surface area contributed by atoms with E-state index in [0.717, 1.165) is 76.3 Å². The van der Waals surface area contributed by atoms with Crippen molar-refractivity contribution in [2.75, 3.05) is 84.6 Å². The van der Waals surface area contributed by atoms with Gasteiger partial charge in [0.2, 0.25) is 0 Å². The van der Waals surface area contributed by atoms with Gasteiger partial charge in [-0.2, -0.15) is 0 Å². The third-order valence-corrected chi connectivity index (χ3v) is 9.82. The molecule has 5 aromatic rings. The minimum atomic E-state index is -1.38. The van der Waals surface area contributed by atoms with Gasteiger partial charge in [-0.05, 0) is 134 Å². The molecular weight excluding hydrogens is 996 g/mol. The zero-order valence-corrected chi connectivity index (χ0v) is 50.2. The van der Waals surface area contributed by atoms with Crippen LogP contribution in [-0.2, 0) is 39.3 Å². The van der Waals surface area contributed by atoms with E-state index in [0.29, 0.717) is 13.1 Å². The Morgan fingerprint density at radius 3 is 1.10 bits per heavy atom. The average molecular weight is 1080 g/mol. The van der Waals surface area contributed by atoms with Gasteiger partial charge in [0.1, 0.15) is 13.1 Å². The van der Waals surface area contributed by atoms with E-state index in [-0.39, 0.29) is 88.6 Å². The fourth-order valence-corrected chi connectivity index (χ4v) is 7.22. The molecule has 0 bridgehead atoms. The monoisotopic (exact) mass is 1080 g/mol. The molecule has 10 nitrogen and oxygen atoms in total. The topological polar surface area (TPSA) is 114 Å². The molecule has 365 valence electrons. The Morgan fingerprint density at radius 1 is 0.507 bits per heavy atom. The van der Waals surface area contributed by atoms with Crippen molar-refractivity contribution >= 4 is 6.08 Å². The minimum absolute atomic E-state index is 0. The van der Waals surface area contributed by atoms with Crippen LogP contribution in [0, 0.1) is 74.4 Å². The van der Waals surface area contributed by atoms with E-state index in [9.17, 15) is 20.4 Å². The second-order valence-corrected chi connectivity index (χ2v) is 19.4. The van der Waals surface area contributed by atoms with Crippen LogP contribution in [-0.4, -0.2) is 110 Å². The van der Waals surface area contributed by atoms with Crippen molar-refractivity contribution in [1.29, 1.82) is 0 Å². The Balaban J connectivity index is 0.000000888.